The molecular formula is C21H27N3O2. The van der Waals surface area contributed by atoms with Crippen molar-refractivity contribution in [3.05, 3.63) is 47.8 Å². The minimum Gasteiger partial charge on any atom is -0.385 e. The number of methoxy groups -OCH3 is 1. The summed E-state index contributed by atoms with van der Waals surface area (Å²) >= 11 is 0. The average Bonchev–Trinajstić information content (AvgIpc) is 2.68. The summed E-state index contributed by atoms with van der Waals surface area (Å²) in [4.78, 5) is 23.9. The van der Waals surface area contributed by atoms with Gasteiger partial charge in [-0.15, -0.1) is 0 Å². The van der Waals surface area contributed by atoms with Crippen LogP contribution < -0.4 is 0 Å². The molecule has 1 amide bonds. The summed E-state index contributed by atoms with van der Waals surface area (Å²) in [6.07, 6.45) is 6.10. The van der Waals surface area contributed by atoms with E-state index in [4.69, 9.17) is 4.74 Å². The van der Waals surface area contributed by atoms with Gasteiger partial charge in [-0.1, -0.05) is 30.3 Å². The van der Waals surface area contributed by atoms with Gasteiger partial charge in [0.15, 0.2) is 5.82 Å². The highest BCUT2D eigenvalue weighted by Gasteiger charge is 2.25. The van der Waals surface area contributed by atoms with E-state index in [1.165, 1.54) is 6.42 Å². The Bertz CT molecular complexity index is 733. The third kappa shape index (κ3) is 4.47. The number of carbonyl (C=O) groups excluding carboxylic acids is 1. The lowest BCUT2D eigenvalue weighted by molar-refractivity contribution is 0.0659. The Labute approximate surface area is 155 Å². The number of rotatable bonds is 6. The highest BCUT2D eigenvalue weighted by atomic mass is 16.5. The number of hydrogen-bond acceptors (Lipinski definition) is 4. The second-order valence-electron chi connectivity index (χ2n) is 6.95. The average molecular weight is 353 g/mol. The zero-order valence-corrected chi connectivity index (χ0v) is 15.6. The zero-order valence-electron chi connectivity index (χ0n) is 15.6. The van der Waals surface area contributed by atoms with Gasteiger partial charge in [-0.05, 0) is 38.5 Å². The largest absolute Gasteiger partial charge is 0.385 e. The van der Waals surface area contributed by atoms with Crippen LogP contribution in [0.3, 0.4) is 0 Å². The number of ether oxygens (including phenoxy) is 1. The van der Waals surface area contributed by atoms with Crippen molar-refractivity contribution in [2.45, 2.75) is 32.6 Å². The second-order valence-corrected chi connectivity index (χ2v) is 6.95. The molecule has 1 fully saturated rings. The van der Waals surface area contributed by atoms with Crippen LogP contribution in [0.5, 0.6) is 0 Å². The van der Waals surface area contributed by atoms with Crippen LogP contribution in [0.1, 0.15) is 41.7 Å². The number of piperidine rings is 1. The molecule has 0 radical (unpaired) electrons. The van der Waals surface area contributed by atoms with E-state index < -0.39 is 0 Å². The van der Waals surface area contributed by atoms with Crippen molar-refractivity contribution in [1.29, 1.82) is 0 Å². The molecule has 1 aromatic heterocycles. The third-order valence-corrected chi connectivity index (χ3v) is 5.01. The number of likely N-dealkylation sites (tertiary alicyclic amines) is 1. The monoisotopic (exact) mass is 353 g/mol. The summed E-state index contributed by atoms with van der Waals surface area (Å²) in [6, 6.07) is 9.85. The summed E-state index contributed by atoms with van der Waals surface area (Å²) in [5, 5.41) is 0. The second kappa shape index (κ2) is 8.90. The maximum absolute atomic E-state index is 13.0. The fourth-order valence-corrected chi connectivity index (χ4v) is 3.58. The van der Waals surface area contributed by atoms with Gasteiger partial charge >= 0.3 is 0 Å². The van der Waals surface area contributed by atoms with Gasteiger partial charge in [0.25, 0.3) is 5.91 Å². The predicted molar refractivity (Wildman–Crippen MR) is 102 cm³/mol. The Morgan fingerprint density at radius 3 is 2.85 bits per heavy atom. The third-order valence-electron chi connectivity index (χ3n) is 5.01. The summed E-state index contributed by atoms with van der Waals surface area (Å²) in [5.41, 5.74) is 2.32. The fourth-order valence-electron chi connectivity index (χ4n) is 3.58. The van der Waals surface area contributed by atoms with Gasteiger partial charge in [-0.3, -0.25) is 4.79 Å². The van der Waals surface area contributed by atoms with Crippen LogP contribution in [0.2, 0.25) is 0 Å². The van der Waals surface area contributed by atoms with E-state index in [1.54, 1.807) is 13.3 Å². The van der Waals surface area contributed by atoms with Crippen molar-refractivity contribution < 1.29 is 9.53 Å². The molecule has 2 heterocycles. The fraction of sp³-hybridized carbons (Fsp3) is 0.476. The van der Waals surface area contributed by atoms with E-state index in [1.807, 2.05) is 42.2 Å². The summed E-state index contributed by atoms with van der Waals surface area (Å²) < 4.78 is 5.14. The number of aromatic nitrogens is 2. The van der Waals surface area contributed by atoms with Crippen molar-refractivity contribution >= 4 is 5.91 Å². The molecule has 1 atom stereocenters. The molecule has 0 N–H and O–H groups in total. The van der Waals surface area contributed by atoms with E-state index in [9.17, 15) is 4.79 Å². The number of carbonyl (C=O) groups is 1. The van der Waals surface area contributed by atoms with Crippen molar-refractivity contribution in [3.63, 3.8) is 0 Å². The molecular weight excluding hydrogens is 326 g/mol. The van der Waals surface area contributed by atoms with Gasteiger partial charge in [0, 0.05) is 38.6 Å². The zero-order chi connectivity index (χ0) is 18.4. The molecule has 5 nitrogen and oxygen atoms in total. The molecule has 3 rings (SSSR count). The Morgan fingerprint density at radius 2 is 2.12 bits per heavy atom. The minimum absolute atomic E-state index is 0.0542. The molecule has 0 saturated carbocycles. The molecule has 5 heteroatoms. The number of benzene rings is 1. The summed E-state index contributed by atoms with van der Waals surface area (Å²) in [5.74, 6) is 1.28. The topological polar surface area (TPSA) is 55.3 Å². The maximum atomic E-state index is 13.0. The van der Waals surface area contributed by atoms with Crippen LogP contribution in [0.25, 0.3) is 11.4 Å². The smallest absolute Gasteiger partial charge is 0.257 e. The van der Waals surface area contributed by atoms with Gasteiger partial charge < -0.3 is 9.64 Å². The first-order valence-corrected chi connectivity index (χ1v) is 9.36. The van der Waals surface area contributed by atoms with Crippen LogP contribution in [0.4, 0.5) is 0 Å². The minimum atomic E-state index is 0.0542. The van der Waals surface area contributed by atoms with Crippen LogP contribution in [0, 0.1) is 12.8 Å². The van der Waals surface area contributed by atoms with E-state index >= 15 is 0 Å². The first-order chi connectivity index (χ1) is 12.7. The van der Waals surface area contributed by atoms with Crippen molar-refractivity contribution in [2.24, 2.45) is 5.92 Å². The molecule has 138 valence electrons. The number of amides is 1. The van der Waals surface area contributed by atoms with Crippen LogP contribution >= 0.6 is 0 Å². The van der Waals surface area contributed by atoms with Gasteiger partial charge in [-0.25, -0.2) is 9.97 Å². The van der Waals surface area contributed by atoms with Gasteiger partial charge in [-0.2, -0.15) is 0 Å². The number of hydrogen-bond donors (Lipinski definition) is 0. The van der Waals surface area contributed by atoms with E-state index in [0.717, 1.165) is 50.2 Å². The highest BCUT2D eigenvalue weighted by molar-refractivity contribution is 5.95. The van der Waals surface area contributed by atoms with Crippen molar-refractivity contribution in [2.75, 3.05) is 26.8 Å². The predicted octanol–water partition coefficient (Wildman–Crippen LogP) is 3.73. The van der Waals surface area contributed by atoms with E-state index in [0.29, 0.717) is 17.3 Å². The standard InChI is InChI=1S/C21H27N3O2/c1-16-19(14-22-20(23-16)18-10-4-3-5-11-18)21(25)24-12-6-8-17(15-24)9-7-13-26-2/h3-5,10-11,14,17H,6-9,12-13,15H2,1-2H3/t17-/m0/s1. The molecule has 1 saturated heterocycles. The number of nitrogens with zero attached hydrogens (tertiary/aromatic N) is 3. The summed E-state index contributed by atoms with van der Waals surface area (Å²) in [7, 11) is 1.73. The van der Waals surface area contributed by atoms with Crippen molar-refractivity contribution in [3.8, 4) is 11.4 Å². The lowest BCUT2D eigenvalue weighted by Gasteiger charge is -2.33. The van der Waals surface area contributed by atoms with Crippen LogP contribution in [-0.2, 0) is 4.74 Å². The summed E-state index contributed by atoms with van der Waals surface area (Å²) in [6.45, 7) is 4.32. The molecule has 1 aliphatic rings. The molecule has 0 spiro atoms. The Morgan fingerprint density at radius 1 is 1.31 bits per heavy atom. The molecule has 2 aromatic rings. The van der Waals surface area contributed by atoms with Gasteiger partial charge in [0.1, 0.15) is 0 Å². The van der Waals surface area contributed by atoms with Gasteiger partial charge in [0.2, 0.25) is 0 Å². The van der Waals surface area contributed by atoms with E-state index in [2.05, 4.69) is 9.97 Å². The van der Waals surface area contributed by atoms with E-state index in [-0.39, 0.29) is 5.91 Å². The lowest BCUT2D eigenvalue weighted by atomic mass is 9.93. The number of aryl methyl sites for hydroxylation is 1. The highest BCUT2D eigenvalue weighted by Crippen LogP contribution is 2.23. The first-order valence-electron chi connectivity index (χ1n) is 9.36. The van der Waals surface area contributed by atoms with Crippen LogP contribution in [-0.4, -0.2) is 47.6 Å². The molecule has 0 unspecified atom stereocenters. The molecule has 1 aliphatic heterocycles. The Hall–Kier alpha value is -2.27. The lowest BCUT2D eigenvalue weighted by Crippen LogP contribution is -2.40. The van der Waals surface area contributed by atoms with Crippen LogP contribution in [0.15, 0.2) is 36.5 Å². The van der Waals surface area contributed by atoms with Gasteiger partial charge in [0.05, 0.1) is 11.3 Å². The Kier molecular flexibility index (Phi) is 6.34. The Balaban J connectivity index is 1.69. The molecule has 0 bridgehead atoms. The normalized spacial score (nSPS) is 17.3. The first kappa shape index (κ1) is 18.5. The SMILES string of the molecule is COCCC[C@@H]1CCCN(C(=O)c2cnc(-c3ccccc3)nc2C)C1. The maximum Gasteiger partial charge on any atom is 0.257 e. The molecule has 1 aromatic carbocycles. The molecule has 0 aliphatic carbocycles. The quantitative estimate of drug-likeness (QED) is 0.743. The molecule has 26 heavy (non-hydrogen) atoms. The van der Waals surface area contributed by atoms with Crippen molar-refractivity contribution in [1.82, 2.24) is 14.9 Å².